The Labute approximate surface area is 260 Å². The molecule has 2 fully saturated rings. The molecule has 226 valence electrons. The van der Waals surface area contributed by atoms with E-state index in [4.69, 9.17) is 36.3 Å². The van der Waals surface area contributed by atoms with Crippen LogP contribution in [0.25, 0.3) is 11.2 Å². The normalized spacial score (nSPS) is 24.9. The van der Waals surface area contributed by atoms with Crippen molar-refractivity contribution < 1.29 is 33.3 Å². The van der Waals surface area contributed by atoms with Crippen LogP contribution in [0, 0.1) is 0 Å². The molecule has 7 rings (SSSR count). The second kappa shape index (κ2) is 10.7. The maximum Gasteiger partial charge on any atom is 0.339 e. The van der Waals surface area contributed by atoms with E-state index >= 15 is 0 Å². The molecule has 12 nitrogen and oxygen atoms in total. The zero-order valence-corrected chi connectivity index (χ0v) is 24.3. The van der Waals surface area contributed by atoms with Crippen LogP contribution in [0.5, 0.6) is 0 Å². The highest BCUT2D eigenvalue weighted by Crippen LogP contribution is 2.65. The molecule has 0 amide bonds. The summed E-state index contributed by atoms with van der Waals surface area (Å²) in [6.07, 6.45) is -2.02. The van der Waals surface area contributed by atoms with E-state index in [-0.39, 0.29) is 39.0 Å². The number of hydrogen-bond acceptors (Lipinski definition) is 11. The molecule has 5 aromatic rings. The Morgan fingerprint density at radius 1 is 0.822 bits per heavy atom. The molecule has 45 heavy (non-hydrogen) atoms. The number of halogens is 1. The lowest BCUT2D eigenvalue weighted by Crippen LogP contribution is -2.54. The molecular weight excluding hydrogens is 602 g/mol. The first-order chi connectivity index (χ1) is 21.7. The number of carbonyl (C=O) groups excluding carboxylic acids is 3. The van der Waals surface area contributed by atoms with Crippen molar-refractivity contribution in [2.75, 3.05) is 5.73 Å². The fourth-order valence-electron chi connectivity index (χ4n) is 5.77. The molecule has 0 bridgehead atoms. The molecule has 0 spiro atoms. The van der Waals surface area contributed by atoms with Crippen molar-refractivity contribution in [3.8, 4) is 0 Å². The Hall–Kier alpha value is -5.33. The van der Waals surface area contributed by atoms with Gasteiger partial charge in [0.15, 0.2) is 23.1 Å². The number of anilines is 1. The summed E-state index contributed by atoms with van der Waals surface area (Å²) in [6, 6.07) is 24.9. The van der Waals surface area contributed by atoms with Gasteiger partial charge in [-0.2, -0.15) is 9.97 Å². The van der Waals surface area contributed by atoms with Crippen molar-refractivity contribution in [3.05, 3.63) is 119 Å². The van der Waals surface area contributed by atoms with Gasteiger partial charge < -0.3 is 24.7 Å². The van der Waals surface area contributed by atoms with Crippen molar-refractivity contribution >= 4 is 46.6 Å². The predicted molar refractivity (Wildman–Crippen MR) is 159 cm³/mol. The monoisotopic (exact) mass is 625 g/mol. The molecule has 1 aliphatic heterocycles. The number of esters is 3. The molecule has 5 atom stereocenters. The number of hydrogen-bond donors (Lipinski definition) is 1. The summed E-state index contributed by atoms with van der Waals surface area (Å²) in [5.41, 5.74) is 3.41. The van der Waals surface area contributed by atoms with Crippen LogP contribution in [-0.2, 0) is 18.9 Å². The molecule has 1 unspecified atom stereocenters. The maximum atomic E-state index is 13.7. The number of rotatable bonds is 7. The third-order valence-electron chi connectivity index (χ3n) is 8.01. The van der Waals surface area contributed by atoms with Gasteiger partial charge in [0.05, 0.1) is 23.0 Å². The van der Waals surface area contributed by atoms with Gasteiger partial charge in [-0.3, -0.25) is 4.57 Å². The topological polar surface area (TPSA) is 158 Å². The number of fused-ring (bicyclic) bond motifs is 2. The van der Waals surface area contributed by atoms with Crippen molar-refractivity contribution in [1.29, 1.82) is 0 Å². The summed E-state index contributed by atoms with van der Waals surface area (Å²) in [5, 5.41) is 0.00211. The fraction of sp³-hybridized carbons (Fsp3) is 0.188. The van der Waals surface area contributed by atoms with Crippen LogP contribution in [0.1, 0.15) is 44.2 Å². The smallest absolute Gasteiger partial charge is 0.339 e. The molecule has 3 aromatic carbocycles. The summed E-state index contributed by atoms with van der Waals surface area (Å²) >= 11 is 6.30. The van der Waals surface area contributed by atoms with Gasteiger partial charge >= 0.3 is 17.9 Å². The van der Waals surface area contributed by atoms with Crippen LogP contribution in [0.3, 0.4) is 0 Å². The molecular formula is C32H24ClN5O7. The predicted octanol–water partition coefficient (Wildman–Crippen LogP) is 4.41. The number of nitrogens with two attached hydrogens (primary N) is 1. The Morgan fingerprint density at radius 3 is 1.93 bits per heavy atom. The van der Waals surface area contributed by atoms with Gasteiger partial charge in [-0.15, -0.1) is 0 Å². The van der Waals surface area contributed by atoms with Crippen LogP contribution < -0.4 is 5.73 Å². The summed E-state index contributed by atoms with van der Waals surface area (Å²) < 4.78 is 26.3. The lowest BCUT2D eigenvalue weighted by Gasteiger charge is -2.38. The number of benzene rings is 3. The van der Waals surface area contributed by atoms with E-state index in [1.54, 1.807) is 97.9 Å². The second-order valence-electron chi connectivity index (χ2n) is 10.7. The van der Waals surface area contributed by atoms with Gasteiger partial charge in [-0.25, -0.2) is 19.4 Å². The summed E-state index contributed by atoms with van der Waals surface area (Å²) in [5.74, 6) is -2.28. The Morgan fingerprint density at radius 2 is 1.36 bits per heavy atom. The van der Waals surface area contributed by atoms with E-state index in [0.717, 1.165) is 0 Å². The summed E-state index contributed by atoms with van der Waals surface area (Å²) in [6.45, 7) is 1.55. The van der Waals surface area contributed by atoms with E-state index in [1.807, 2.05) is 0 Å². The summed E-state index contributed by atoms with van der Waals surface area (Å²) in [7, 11) is 0. The highest BCUT2D eigenvalue weighted by Gasteiger charge is 2.89. The maximum absolute atomic E-state index is 13.7. The van der Waals surface area contributed by atoms with Gasteiger partial charge in [0.2, 0.25) is 17.2 Å². The van der Waals surface area contributed by atoms with Crippen LogP contribution in [0.2, 0.25) is 5.15 Å². The van der Waals surface area contributed by atoms with E-state index in [1.165, 1.54) is 10.9 Å². The number of imidazole rings is 1. The van der Waals surface area contributed by atoms with Crippen LogP contribution >= 0.6 is 11.6 Å². The molecule has 1 saturated carbocycles. The van der Waals surface area contributed by atoms with Crippen molar-refractivity contribution in [2.45, 2.75) is 36.6 Å². The standard InChI is InChI=1S/C32H24ClN5O7/c1-31(44-27(40)19-13-7-3-8-14-19)29(38-17-35-21-24(33)36-30(34)37-25(21)38)43-23-22(42-26(39)18-11-5-2-6-12-18)32(23,31)45-28(41)20-15-9-4-10-16-20/h2-17,22-23,29H,1H3,(H2,34,36,37)/t22?,23-,29-,31+,32-/m1/s1. The molecule has 0 radical (unpaired) electrons. The average Bonchev–Trinajstić information content (AvgIpc) is 3.31. The average molecular weight is 626 g/mol. The number of carbonyl (C=O) groups is 3. The van der Waals surface area contributed by atoms with Gasteiger partial charge in [-0.1, -0.05) is 66.2 Å². The van der Waals surface area contributed by atoms with E-state index in [2.05, 4.69) is 15.0 Å². The molecule has 2 aromatic heterocycles. The van der Waals surface area contributed by atoms with Gasteiger partial charge in [0, 0.05) is 0 Å². The molecule has 13 heteroatoms. The van der Waals surface area contributed by atoms with Crippen LogP contribution in [0.4, 0.5) is 5.95 Å². The summed E-state index contributed by atoms with van der Waals surface area (Å²) in [4.78, 5) is 53.1. The van der Waals surface area contributed by atoms with Crippen LogP contribution in [-0.4, -0.2) is 60.8 Å². The van der Waals surface area contributed by atoms with Gasteiger partial charge in [0.1, 0.15) is 11.6 Å². The number of aromatic nitrogens is 4. The quantitative estimate of drug-likeness (QED) is 0.155. The fourth-order valence-corrected chi connectivity index (χ4v) is 5.99. The number of nitrogens with zero attached hydrogens (tertiary/aromatic N) is 4. The first kappa shape index (κ1) is 28.4. The zero-order valence-electron chi connectivity index (χ0n) is 23.6. The second-order valence-corrected chi connectivity index (χ2v) is 11.1. The van der Waals surface area contributed by atoms with E-state index in [0.29, 0.717) is 0 Å². The van der Waals surface area contributed by atoms with E-state index in [9.17, 15) is 14.4 Å². The third kappa shape index (κ3) is 4.57. The Bertz CT molecular complexity index is 1940. The molecule has 1 aliphatic carbocycles. The lowest BCUT2D eigenvalue weighted by molar-refractivity contribution is -0.163. The minimum atomic E-state index is -1.82. The lowest BCUT2D eigenvalue weighted by atomic mass is 9.93. The van der Waals surface area contributed by atoms with Crippen molar-refractivity contribution in [3.63, 3.8) is 0 Å². The first-order valence-corrected chi connectivity index (χ1v) is 14.2. The van der Waals surface area contributed by atoms with Crippen molar-refractivity contribution in [2.24, 2.45) is 0 Å². The highest BCUT2D eigenvalue weighted by atomic mass is 35.5. The minimum absolute atomic E-state index is 0.00211. The Balaban J connectivity index is 1.35. The third-order valence-corrected chi connectivity index (χ3v) is 8.27. The number of ether oxygens (including phenoxy) is 4. The van der Waals surface area contributed by atoms with Gasteiger partial charge in [0.25, 0.3) is 0 Å². The van der Waals surface area contributed by atoms with Crippen molar-refractivity contribution in [1.82, 2.24) is 19.5 Å². The van der Waals surface area contributed by atoms with E-state index < -0.39 is 47.5 Å². The number of nitrogen functional groups attached to an aromatic ring is 1. The molecule has 3 heterocycles. The molecule has 2 aliphatic rings. The molecule has 1 saturated heterocycles. The van der Waals surface area contributed by atoms with Crippen LogP contribution in [0.15, 0.2) is 97.3 Å². The first-order valence-electron chi connectivity index (χ1n) is 13.9. The highest BCUT2D eigenvalue weighted by molar-refractivity contribution is 6.33. The largest absolute Gasteiger partial charge is 0.451 e. The zero-order chi connectivity index (χ0) is 31.3. The van der Waals surface area contributed by atoms with Gasteiger partial charge in [-0.05, 0) is 43.3 Å². The minimum Gasteiger partial charge on any atom is -0.451 e. The Kier molecular flexibility index (Phi) is 6.75. The SMILES string of the molecule is C[C@]1(OC(=O)c2ccccc2)[C@H](n2cnc3c(Cl)nc(N)nc32)O[C@@H]2C(OC(=O)c3ccccc3)[C@@]21OC(=O)c1ccccc1. The molecule has 2 N–H and O–H groups in total.